The Morgan fingerprint density at radius 2 is 2.00 bits per heavy atom. The number of furan rings is 1. The molecule has 0 radical (unpaired) electrons. The molecule has 2 heterocycles. The molecular formula is C16H19N3O3. The number of fused-ring (bicyclic) bond motifs is 1. The van der Waals surface area contributed by atoms with Gasteiger partial charge in [-0.2, -0.15) is 0 Å². The molecule has 0 saturated carbocycles. The third-order valence-corrected chi connectivity index (χ3v) is 3.90. The first-order valence-electron chi connectivity index (χ1n) is 7.37. The molecule has 6 nitrogen and oxygen atoms in total. The Morgan fingerprint density at radius 1 is 1.27 bits per heavy atom. The smallest absolute Gasteiger partial charge is 0.257 e. The van der Waals surface area contributed by atoms with Gasteiger partial charge in [0.2, 0.25) is 5.91 Å². The van der Waals surface area contributed by atoms with Gasteiger partial charge in [0.1, 0.15) is 11.8 Å². The molecule has 1 aliphatic rings. The summed E-state index contributed by atoms with van der Waals surface area (Å²) in [6, 6.07) is 7.38. The third kappa shape index (κ3) is 2.82. The summed E-state index contributed by atoms with van der Waals surface area (Å²) in [5.74, 6) is -0.224. The number of benzene rings is 1. The summed E-state index contributed by atoms with van der Waals surface area (Å²) in [6.07, 6.45) is 1.46. The number of rotatable bonds is 3. The van der Waals surface area contributed by atoms with E-state index in [0.29, 0.717) is 24.2 Å². The molecule has 0 bridgehead atoms. The Kier molecular flexibility index (Phi) is 4.11. The highest BCUT2D eigenvalue weighted by atomic mass is 16.3. The molecule has 22 heavy (non-hydrogen) atoms. The number of carbonyl (C=O) groups excluding carboxylic acids is 2. The van der Waals surface area contributed by atoms with Crippen LogP contribution in [-0.4, -0.2) is 61.4 Å². The largest absolute Gasteiger partial charge is 0.463 e. The lowest BCUT2D eigenvalue weighted by atomic mass is 10.1. The van der Waals surface area contributed by atoms with Crippen LogP contribution in [0, 0.1) is 0 Å². The van der Waals surface area contributed by atoms with Gasteiger partial charge < -0.3 is 19.5 Å². The van der Waals surface area contributed by atoms with Crippen molar-refractivity contribution >= 4 is 22.8 Å². The summed E-state index contributed by atoms with van der Waals surface area (Å²) in [7, 11) is 1.64. The highest BCUT2D eigenvalue weighted by molar-refractivity contribution is 6.06. The van der Waals surface area contributed by atoms with E-state index in [1.165, 1.54) is 11.2 Å². The molecule has 1 N–H and O–H groups in total. The fourth-order valence-electron chi connectivity index (χ4n) is 2.64. The lowest BCUT2D eigenvalue weighted by Gasteiger charge is -2.29. The highest BCUT2D eigenvalue weighted by Crippen LogP contribution is 2.21. The van der Waals surface area contributed by atoms with Crippen LogP contribution in [0.25, 0.3) is 11.0 Å². The SMILES string of the molecule is CN(CC(=O)N1CCNCC1)C(=O)c1coc2ccccc12. The van der Waals surface area contributed by atoms with E-state index in [0.717, 1.165) is 18.5 Å². The Bertz CT molecular complexity index is 689. The van der Waals surface area contributed by atoms with Crippen molar-refractivity contribution in [2.75, 3.05) is 39.8 Å². The van der Waals surface area contributed by atoms with Crippen molar-refractivity contribution < 1.29 is 14.0 Å². The lowest BCUT2D eigenvalue weighted by molar-refractivity contribution is -0.132. The molecule has 1 saturated heterocycles. The summed E-state index contributed by atoms with van der Waals surface area (Å²) >= 11 is 0. The first-order valence-corrected chi connectivity index (χ1v) is 7.37. The molecule has 2 amide bonds. The number of hydrogen-bond acceptors (Lipinski definition) is 4. The van der Waals surface area contributed by atoms with E-state index >= 15 is 0 Å². The van der Waals surface area contributed by atoms with Gasteiger partial charge in [-0.15, -0.1) is 0 Å². The molecule has 1 aromatic carbocycles. The van der Waals surface area contributed by atoms with Crippen LogP contribution in [0.15, 0.2) is 34.9 Å². The van der Waals surface area contributed by atoms with E-state index in [4.69, 9.17) is 4.42 Å². The number of likely N-dealkylation sites (N-methyl/N-ethyl adjacent to an activating group) is 1. The van der Waals surface area contributed by atoms with Crippen molar-refractivity contribution in [2.45, 2.75) is 0 Å². The van der Waals surface area contributed by atoms with Gasteiger partial charge in [0.05, 0.1) is 12.1 Å². The molecule has 1 fully saturated rings. The Balaban J connectivity index is 1.70. The van der Waals surface area contributed by atoms with Crippen LogP contribution in [0.4, 0.5) is 0 Å². The topological polar surface area (TPSA) is 65.8 Å². The van der Waals surface area contributed by atoms with Gasteiger partial charge in [-0.3, -0.25) is 9.59 Å². The van der Waals surface area contributed by atoms with Gasteiger partial charge >= 0.3 is 0 Å². The zero-order valence-corrected chi connectivity index (χ0v) is 12.5. The lowest BCUT2D eigenvalue weighted by Crippen LogP contribution is -2.49. The average molecular weight is 301 g/mol. The number of nitrogens with one attached hydrogen (secondary N) is 1. The average Bonchev–Trinajstić information content (AvgIpc) is 2.99. The highest BCUT2D eigenvalue weighted by Gasteiger charge is 2.22. The van der Waals surface area contributed by atoms with E-state index in [9.17, 15) is 9.59 Å². The number of carbonyl (C=O) groups is 2. The minimum Gasteiger partial charge on any atom is -0.463 e. The summed E-state index contributed by atoms with van der Waals surface area (Å²) in [5.41, 5.74) is 1.17. The van der Waals surface area contributed by atoms with E-state index in [2.05, 4.69) is 5.32 Å². The quantitative estimate of drug-likeness (QED) is 0.916. The molecule has 3 rings (SSSR count). The van der Waals surface area contributed by atoms with Gasteiger partial charge in [-0.25, -0.2) is 0 Å². The molecule has 0 aliphatic carbocycles. The van der Waals surface area contributed by atoms with Crippen molar-refractivity contribution in [1.82, 2.24) is 15.1 Å². The van der Waals surface area contributed by atoms with Gasteiger partial charge in [-0.05, 0) is 6.07 Å². The number of para-hydroxylation sites is 1. The second-order valence-electron chi connectivity index (χ2n) is 5.44. The zero-order valence-electron chi connectivity index (χ0n) is 12.5. The van der Waals surface area contributed by atoms with Crippen molar-refractivity contribution in [3.05, 3.63) is 36.1 Å². The molecule has 0 unspecified atom stereocenters. The van der Waals surface area contributed by atoms with Crippen LogP contribution < -0.4 is 5.32 Å². The Hall–Kier alpha value is -2.34. The minimum absolute atomic E-state index is 0.0230. The van der Waals surface area contributed by atoms with Gasteiger partial charge in [0.15, 0.2) is 0 Å². The number of nitrogens with zero attached hydrogens (tertiary/aromatic N) is 2. The van der Waals surface area contributed by atoms with E-state index < -0.39 is 0 Å². The molecule has 1 aliphatic heterocycles. The van der Waals surface area contributed by atoms with Crippen LogP contribution in [0.5, 0.6) is 0 Å². The van der Waals surface area contributed by atoms with Crippen LogP contribution in [0.3, 0.4) is 0 Å². The van der Waals surface area contributed by atoms with Gasteiger partial charge in [-0.1, -0.05) is 18.2 Å². The Labute approximate surface area is 128 Å². The van der Waals surface area contributed by atoms with Crippen molar-refractivity contribution in [3.63, 3.8) is 0 Å². The Morgan fingerprint density at radius 3 is 2.77 bits per heavy atom. The van der Waals surface area contributed by atoms with Crippen molar-refractivity contribution in [3.8, 4) is 0 Å². The first kappa shape index (κ1) is 14.6. The predicted molar refractivity (Wildman–Crippen MR) is 82.6 cm³/mol. The zero-order chi connectivity index (χ0) is 15.5. The standard InChI is InChI=1S/C16H19N3O3/c1-18(10-15(20)19-8-6-17-7-9-19)16(21)13-11-22-14-5-3-2-4-12(13)14/h2-5,11,17H,6-10H2,1H3. The fourth-order valence-corrected chi connectivity index (χ4v) is 2.64. The molecular weight excluding hydrogens is 282 g/mol. The first-order chi connectivity index (χ1) is 10.7. The molecule has 1 aromatic heterocycles. The minimum atomic E-state index is -0.201. The van der Waals surface area contributed by atoms with Gasteiger partial charge in [0, 0.05) is 38.6 Å². The summed E-state index contributed by atoms with van der Waals surface area (Å²) < 4.78 is 5.39. The maximum absolute atomic E-state index is 12.5. The van der Waals surface area contributed by atoms with Crippen molar-refractivity contribution in [1.29, 1.82) is 0 Å². The molecule has 2 aromatic rings. The monoisotopic (exact) mass is 301 g/mol. The molecule has 6 heteroatoms. The fraction of sp³-hybridized carbons (Fsp3) is 0.375. The molecule has 0 spiro atoms. The second-order valence-corrected chi connectivity index (χ2v) is 5.44. The predicted octanol–water partition coefficient (Wildman–Crippen LogP) is 0.937. The maximum atomic E-state index is 12.5. The normalized spacial score (nSPS) is 15.0. The van der Waals surface area contributed by atoms with E-state index in [1.807, 2.05) is 24.3 Å². The van der Waals surface area contributed by atoms with Crippen LogP contribution in [-0.2, 0) is 4.79 Å². The number of amides is 2. The maximum Gasteiger partial charge on any atom is 0.257 e. The van der Waals surface area contributed by atoms with E-state index in [1.54, 1.807) is 11.9 Å². The summed E-state index contributed by atoms with van der Waals surface area (Å²) in [6.45, 7) is 3.06. The summed E-state index contributed by atoms with van der Waals surface area (Å²) in [5, 5.41) is 3.97. The second kappa shape index (κ2) is 6.19. The van der Waals surface area contributed by atoms with Crippen LogP contribution >= 0.6 is 0 Å². The number of hydrogen-bond donors (Lipinski definition) is 1. The summed E-state index contributed by atoms with van der Waals surface area (Å²) in [4.78, 5) is 28.0. The third-order valence-electron chi connectivity index (χ3n) is 3.90. The van der Waals surface area contributed by atoms with Crippen molar-refractivity contribution in [2.24, 2.45) is 0 Å². The van der Waals surface area contributed by atoms with Crippen LogP contribution in [0.2, 0.25) is 0 Å². The van der Waals surface area contributed by atoms with E-state index in [-0.39, 0.29) is 18.4 Å². The molecule has 0 atom stereocenters. The van der Waals surface area contributed by atoms with Gasteiger partial charge in [0.25, 0.3) is 5.91 Å². The van der Waals surface area contributed by atoms with Crippen LogP contribution in [0.1, 0.15) is 10.4 Å². The molecule has 116 valence electrons. The number of piperazine rings is 1.